The van der Waals surface area contributed by atoms with Gasteiger partial charge in [0.05, 0.1) is 24.2 Å². The van der Waals surface area contributed by atoms with E-state index in [1.807, 2.05) is 23.0 Å². The number of fused-ring (bicyclic) bond motifs is 1. The molecule has 180 valence electrons. The Labute approximate surface area is 205 Å². The molecule has 0 spiro atoms. The molecule has 2 N–H and O–H groups in total. The number of aliphatic carboxylic acids is 1. The molecule has 1 atom stereocenters. The molecule has 0 saturated heterocycles. The van der Waals surface area contributed by atoms with Crippen molar-refractivity contribution in [3.63, 3.8) is 0 Å². The van der Waals surface area contributed by atoms with Crippen molar-refractivity contribution in [3.05, 3.63) is 89.6 Å². The summed E-state index contributed by atoms with van der Waals surface area (Å²) in [6.45, 7) is 8.83. The standard InChI is InChI=1S/C29H31N3O3/c1-19(20-5-7-22(8-6-20)28(35)30-16-15-27(33)34)32-26-14-11-23(17-24(26)18-31-32)21-9-12-25(13-10-21)29(2,3)4/h5-14,17-19H,15-16H2,1-4H3,(H,30,35)(H,33,34). The number of nitrogens with zero attached hydrogens (tertiary/aromatic N) is 2. The third-order valence-electron chi connectivity index (χ3n) is 6.33. The number of carbonyl (C=O) groups excluding carboxylic acids is 1. The molecule has 4 rings (SSSR count). The van der Waals surface area contributed by atoms with Crippen LogP contribution < -0.4 is 5.32 Å². The van der Waals surface area contributed by atoms with Crippen LogP contribution in [0, 0.1) is 0 Å². The van der Waals surface area contributed by atoms with Gasteiger partial charge in [-0.15, -0.1) is 0 Å². The molecule has 0 aliphatic carbocycles. The summed E-state index contributed by atoms with van der Waals surface area (Å²) in [5.41, 5.74) is 6.34. The van der Waals surface area contributed by atoms with E-state index in [1.165, 1.54) is 11.1 Å². The second-order valence-corrected chi connectivity index (χ2v) is 9.89. The van der Waals surface area contributed by atoms with Gasteiger partial charge in [0.25, 0.3) is 5.91 Å². The number of rotatable bonds is 7. The molecule has 0 aliphatic rings. The van der Waals surface area contributed by atoms with E-state index < -0.39 is 5.97 Å². The first-order chi connectivity index (χ1) is 16.6. The molecule has 1 heterocycles. The van der Waals surface area contributed by atoms with Crippen LogP contribution in [0.1, 0.15) is 61.6 Å². The fourth-order valence-electron chi connectivity index (χ4n) is 4.14. The van der Waals surface area contributed by atoms with E-state index in [0.29, 0.717) is 5.56 Å². The normalized spacial score (nSPS) is 12.5. The number of amides is 1. The summed E-state index contributed by atoms with van der Waals surface area (Å²) in [5.74, 6) is -1.22. The molecule has 0 bridgehead atoms. The van der Waals surface area contributed by atoms with Gasteiger partial charge in [-0.05, 0) is 58.9 Å². The van der Waals surface area contributed by atoms with Crippen LogP contribution >= 0.6 is 0 Å². The van der Waals surface area contributed by atoms with Crippen molar-refractivity contribution in [2.24, 2.45) is 0 Å². The van der Waals surface area contributed by atoms with Gasteiger partial charge >= 0.3 is 5.97 Å². The lowest BCUT2D eigenvalue weighted by Crippen LogP contribution is -2.26. The van der Waals surface area contributed by atoms with Crippen LogP contribution in [-0.2, 0) is 10.2 Å². The topological polar surface area (TPSA) is 84.2 Å². The van der Waals surface area contributed by atoms with Crippen LogP contribution in [0.2, 0.25) is 0 Å². The molecule has 35 heavy (non-hydrogen) atoms. The zero-order valence-corrected chi connectivity index (χ0v) is 20.6. The van der Waals surface area contributed by atoms with E-state index in [9.17, 15) is 9.59 Å². The molecule has 3 aromatic carbocycles. The molecule has 0 aliphatic heterocycles. The molecule has 1 unspecified atom stereocenters. The first-order valence-corrected chi connectivity index (χ1v) is 11.8. The van der Waals surface area contributed by atoms with Crippen molar-refractivity contribution in [2.75, 3.05) is 6.54 Å². The highest BCUT2D eigenvalue weighted by Crippen LogP contribution is 2.30. The maximum Gasteiger partial charge on any atom is 0.305 e. The van der Waals surface area contributed by atoms with Crippen LogP contribution in [0.4, 0.5) is 0 Å². The van der Waals surface area contributed by atoms with Gasteiger partial charge in [0, 0.05) is 17.5 Å². The van der Waals surface area contributed by atoms with Gasteiger partial charge in [0.1, 0.15) is 0 Å². The van der Waals surface area contributed by atoms with E-state index in [1.54, 1.807) is 12.1 Å². The second kappa shape index (κ2) is 9.74. The van der Waals surface area contributed by atoms with Crippen LogP contribution in [0.25, 0.3) is 22.0 Å². The fraction of sp³-hybridized carbons (Fsp3) is 0.276. The Morgan fingerprint density at radius 1 is 0.971 bits per heavy atom. The summed E-state index contributed by atoms with van der Waals surface area (Å²) in [5, 5.41) is 17.1. The molecule has 6 nitrogen and oxygen atoms in total. The van der Waals surface area contributed by atoms with E-state index in [2.05, 4.69) is 80.6 Å². The van der Waals surface area contributed by atoms with Gasteiger partial charge in [0.2, 0.25) is 0 Å². The number of carboxylic acids is 1. The lowest BCUT2D eigenvalue weighted by molar-refractivity contribution is -0.136. The van der Waals surface area contributed by atoms with Gasteiger partial charge in [-0.1, -0.05) is 63.2 Å². The summed E-state index contributed by atoms with van der Waals surface area (Å²) < 4.78 is 1.99. The van der Waals surface area contributed by atoms with E-state index >= 15 is 0 Å². The number of aromatic nitrogens is 2. The van der Waals surface area contributed by atoms with Gasteiger partial charge in [-0.3, -0.25) is 14.3 Å². The highest BCUT2D eigenvalue weighted by Gasteiger charge is 2.15. The van der Waals surface area contributed by atoms with Gasteiger partial charge in [-0.2, -0.15) is 5.10 Å². The van der Waals surface area contributed by atoms with Crippen LogP contribution in [0.5, 0.6) is 0 Å². The average molecular weight is 470 g/mol. The highest BCUT2D eigenvalue weighted by molar-refractivity contribution is 5.94. The minimum atomic E-state index is -0.938. The summed E-state index contributed by atoms with van der Waals surface area (Å²) in [4.78, 5) is 22.8. The zero-order valence-electron chi connectivity index (χ0n) is 20.6. The Morgan fingerprint density at radius 2 is 1.63 bits per heavy atom. The largest absolute Gasteiger partial charge is 0.481 e. The van der Waals surface area contributed by atoms with Crippen LogP contribution in [-0.4, -0.2) is 33.3 Å². The average Bonchev–Trinajstić information content (AvgIpc) is 3.26. The summed E-state index contributed by atoms with van der Waals surface area (Å²) in [6.07, 6.45) is 1.79. The highest BCUT2D eigenvalue weighted by atomic mass is 16.4. The van der Waals surface area contributed by atoms with E-state index in [0.717, 1.165) is 22.0 Å². The number of carboxylic acid groups (broad SMARTS) is 1. The quantitative estimate of drug-likeness (QED) is 0.357. The Balaban J connectivity index is 1.51. The maximum atomic E-state index is 12.2. The first-order valence-electron chi connectivity index (χ1n) is 11.8. The molecule has 0 saturated carbocycles. The number of hydrogen-bond acceptors (Lipinski definition) is 3. The third kappa shape index (κ3) is 5.43. The molecule has 0 fully saturated rings. The third-order valence-corrected chi connectivity index (χ3v) is 6.33. The molecular formula is C29H31N3O3. The Bertz CT molecular complexity index is 1350. The molecule has 0 radical (unpaired) electrons. The number of hydrogen-bond donors (Lipinski definition) is 2. The summed E-state index contributed by atoms with van der Waals surface area (Å²) in [6, 6.07) is 22.5. The Morgan fingerprint density at radius 3 is 2.26 bits per heavy atom. The van der Waals surface area contributed by atoms with Crippen molar-refractivity contribution in [2.45, 2.75) is 45.6 Å². The number of carbonyl (C=O) groups is 2. The molecule has 1 amide bonds. The molecule has 6 heteroatoms. The predicted molar refractivity (Wildman–Crippen MR) is 139 cm³/mol. The van der Waals surface area contributed by atoms with Gasteiger partial charge in [-0.25, -0.2) is 0 Å². The summed E-state index contributed by atoms with van der Waals surface area (Å²) in [7, 11) is 0. The van der Waals surface area contributed by atoms with Crippen molar-refractivity contribution in [3.8, 4) is 11.1 Å². The van der Waals surface area contributed by atoms with Crippen molar-refractivity contribution in [1.29, 1.82) is 0 Å². The van der Waals surface area contributed by atoms with Gasteiger partial charge < -0.3 is 10.4 Å². The first kappa shape index (κ1) is 24.2. The number of nitrogens with one attached hydrogen (secondary N) is 1. The second-order valence-electron chi connectivity index (χ2n) is 9.89. The van der Waals surface area contributed by atoms with Crippen molar-refractivity contribution in [1.82, 2.24) is 15.1 Å². The predicted octanol–water partition coefficient (Wildman–Crippen LogP) is 5.81. The SMILES string of the molecule is CC(c1ccc(C(=O)NCCC(=O)O)cc1)n1ncc2cc(-c3ccc(C(C)(C)C)cc3)ccc21. The minimum Gasteiger partial charge on any atom is -0.481 e. The number of benzene rings is 3. The van der Waals surface area contributed by atoms with Gasteiger partial charge in [0.15, 0.2) is 0 Å². The lowest BCUT2D eigenvalue weighted by atomic mass is 9.86. The smallest absolute Gasteiger partial charge is 0.305 e. The fourth-order valence-corrected chi connectivity index (χ4v) is 4.14. The van der Waals surface area contributed by atoms with E-state index in [-0.39, 0.29) is 30.3 Å². The van der Waals surface area contributed by atoms with Crippen molar-refractivity contribution < 1.29 is 14.7 Å². The lowest BCUT2D eigenvalue weighted by Gasteiger charge is -2.19. The molecule has 1 aromatic heterocycles. The zero-order chi connectivity index (χ0) is 25.2. The van der Waals surface area contributed by atoms with E-state index in [4.69, 9.17) is 5.11 Å². The Kier molecular flexibility index (Phi) is 6.74. The maximum absolute atomic E-state index is 12.2. The molecule has 4 aromatic rings. The molecular weight excluding hydrogens is 438 g/mol. The monoisotopic (exact) mass is 469 g/mol. The van der Waals surface area contributed by atoms with Crippen LogP contribution in [0.3, 0.4) is 0 Å². The minimum absolute atomic E-state index is 0.0199. The van der Waals surface area contributed by atoms with Crippen molar-refractivity contribution >= 4 is 22.8 Å². The Hall–Kier alpha value is -3.93. The summed E-state index contributed by atoms with van der Waals surface area (Å²) >= 11 is 0. The van der Waals surface area contributed by atoms with Crippen LogP contribution in [0.15, 0.2) is 72.9 Å².